The summed E-state index contributed by atoms with van der Waals surface area (Å²) in [7, 11) is 0. The second kappa shape index (κ2) is 5.36. The van der Waals surface area contributed by atoms with E-state index in [1.807, 2.05) is 6.92 Å². The number of anilines is 3. The Balaban J connectivity index is 2.34. The first kappa shape index (κ1) is 14.1. The first-order valence-electron chi connectivity index (χ1n) is 5.95. The zero-order valence-electron chi connectivity index (χ0n) is 10.7. The van der Waals surface area contributed by atoms with Gasteiger partial charge in [0.05, 0.1) is 5.56 Å². The molecule has 2 aromatic rings. The highest BCUT2D eigenvalue weighted by Gasteiger charge is 2.30. The molecule has 4 nitrogen and oxygen atoms in total. The Bertz CT molecular complexity index is 611. The average molecular weight is 282 g/mol. The van der Waals surface area contributed by atoms with Crippen LogP contribution < -0.4 is 11.1 Å². The Morgan fingerprint density at radius 1 is 1.25 bits per heavy atom. The molecule has 0 saturated heterocycles. The Kier molecular flexibility index (Phi) is 3.78. The lowest BCUT2D eigenvalue weighted by Crippen LogP contribution is -2.07. The molecule has 0 aliphatic heterocycles. The third-order valence-corrected chi connectivity index (χ3v) is 2.78. The summed E-state index contributed by atoms with van der Waals surface area (Å²) in [5.74, 6) is 0.733. The molecule has 7 heteroatoms. The van der Waals surface area contributed by atoms with Gasteiger partial charge < -0.3 is 11.1 Å². The minimum Gasteiger partial charge on any atom is -0.383 e. The van der Waals surface area contributed by atoms with Crippen molar-refractivity contribution >= 4 is 17.3 Å². The van der Waals surface area contributed by atoms with Crippen molar-refractivity contribution in [2.75, 3.05) is 11.1 Å². The number of hydrogen-bond donors (Lipinski definition) is 2. The number of rotatable bonds is 3. The lowest BCUT2D eigenvalue weighted by atomic mass is 10.1. The first-order valence-corrected chi connectivity index (χ1v) is 5.95. The molecule has 1 aromatic carbocycles. The number of hydrogen-bond acceptors (Lipinski definition) is 4. The van der Waals surface area contributed by atoms with Gasteiger partial charge in [-0.25, -0.2) is 9.97 Å². The molecular formula is C13H13F3N4. The highest BCUT2D eigenvalue weighted by atomic mass is 19.4. The maximum atomic E-state index is 12.6. The fourth-order valence-corrected chi connectivity index (χ4v) is 1.79. The third kappa shape index (κ3) is 2.98. The van der Waals surface area contributed by atoms with Gasteiger partial charge in [0, 0.05) is 11.3 Å². The number of nitrogens with zero attached hydrogens (tertiary/aromatic N) is 2. The largest absolute Gasteiger partial charge is 0.416 e. The van der Waals surface area contributed by atoms with E-state index < -0.39 is 11.7 Å². The first-order chi connectivity index (χ1) is 9.41. The summed E-state index contributed by atoms with van der Waals surface area (Å²) in [5, 5.41) is 2.85. The minimum atomic E-state index is -4.38. The molecule has 1 heterocycles. The molecule has 0 aliphatic carbocycles. The summed E-state index contributed by atoms with van der Waals surface area (Å²) >= 11 is 0. The quantitative estimate of drug-likeness (QED) is 0.905. The number of nitrogens with one attached hydrogen (secondary N) is 1. The van der Waals surface area contributed by atoms with E-state index in [1.165, 1.54) is 18.5 Å². The SMILES string of the molecule is CCc1c(N)ncnc1Nc1cccc(C(F)(F)F)c1. The Labute approximate surface area is 113 Å². The molecule has 106 valence electrons. The third-order valence-electron chi connectivity index (χ3n) is 2.78. The Morgan fingerprint density at radius 3 is 2.65 bits per heavy atom. The topological polar surface area (TPSA) is 63.8 Å². The number of nitrogen functional groups attached to an aromatic ring is 1. The lowest BCUT2D eigenvalue weighted by Gasteiger charge is -2.13. The zero-order chi connectivity index (χ0) is 14.8. The van der Waals surface area contributed by atoms with Gasteiger partial charge >= 0.3 is 6.18 Å². The molecule has 2 rings (SSSR count). The number of aromatic nitrogens is 2. The molecule has 20 heavy (non-hydrogen) atoms. The molecule has 3 N–H and O–H groups in total. The van der Waals surface area contributed by atoms with Crippen molar-refractivity contribution in [2.45, 2.75) is 19.5 Å². The lowest BCUT2D eigenvalue weighted by molar-refractivity contribution is -0.137. The fraction of sp³-hybridized carbons (Fsp3) is 0.231. The summed E-state index contributed by atoms with van der Waals surface area (Å²) in [6, 6.07) is 4.91. The van der Waals surface area contributed by atoms with E-state index in [2.05, 4.69) is 15.3 Å². The van der Waals surface area contributed by atoms with E-state index in [4.69, 9.17) is 5.73 Å². The summed E-state index contributed by atoms with van der Waals surface area (Å²) < 4.78 is 37.9. The molecule has 0 radical (unpaired) electrons. The van der Waals surface area contributed by atoms with Gasteiger partial charge in [-0.1, -0.05) is 13.0 Å². The van der Waals surface area contributed by atoms with Gasteiger partial charge in [-0.05, 0) is 24.6 Å². The van der Waals surface area contributed by atoms with Crippen LogP contribution >= 0.6 is 0 Å². The second-order valence-corrected chi connectivity index (χ2v) is 4.14. The molecular weight excluding hydrogens is 269 g/mol. The predicted molar refractivity (Wildman–Crippen MR) is 70.5 cm³/mol. The van der Waals surface area contributed by atoms with Gasteiger partial charge in [-0.2, -0.15) is 13.2 Å². The van der Waals surface area contributed by atoms with Crippen LogP contribution in [0.4, 0.5) is 30.5 Å². The number of halogens is 3. The molecule has 0 unspecified atom stereocenters. The summed E-state index contributed by atoms with van der Waals surface area (Å²) in [5.41, 5.74) is 5.96. The van der Waals surface area contributed by atoms with Crippen molar-refractivity contribution in [3.05, 3.63) is 41.7 Å². The number of benzene rings is 1. The number of nitrogens with two attached hydrogens (primary N) is 1. The van der Waals surface area contributed by atoms with Crippen molar-refractivity contribution in [2.24, 2.45) is 0 Å². The van der Waals surface area contributed by atoms with Crippen molar-refractivity contribution in [3.63, 3.8) is 0 Å². The van der Waals surface area contributed by atoms with E-state index in [0.29, 0.717) is 29.3 Å². The van der Waals surface area contributed by atoms with Gasteiger partial charge in [-0.15, -0.1) is 0 Å². The number of alkyl halides is 3. The van der Waals surface area contributed by atoms with Gasteiger partial charge in [0.15, 0.2) is 0 Å². The highest BCUT2D eigenvalue weighted by molar-refractivity contribution is 5.64. The Morgan fingerprint density at radius 2 is 2.00 bits per heavy atom. The van der Waals surface area contributed by atoms with E-state index in [9.17, 15) is 13.2 Å². The summed E-state index contributed by atoms with van der Waals surface area (Å²) in [6.07, 6.45) is -2.53. The molecule has 0 amide bonds. The van der Waals surface area contributed by atoms with Crippen LogP contribution in [-0.4, -0.2) is 9.97 Å². The van der Waals surface area contributed by atoms with Crippen LogP contribution in [0.15, 0.2) is 30.6 Å². The molecule has 1 aromatic heterocycles. The monoisotopic (exact) mass is 282 g/mol. The average Bonchev–Trinajstić information content (AvgIpc) is 2.38. The van der Waals surface area contributed by atoms with Crippen LogP contribution in [0.25, 0.3) is 0 Å². The van der Waals surface area contributed by atoms with Crippen molar-refractivity contribution < 1.29 is 13.2 Å². The van der Waals surface area contributed by atoms with E-state index in [1.54, 1.807) is 0 Å². The van der Waals surface area contributed by atoms with E-state index in [0.717, 1.165) is 12.1 Å². The van der Waals surface area contributed by atoms with Gasteiger partial charge in [-0.3, -0.25) is 0 Å². The van der Waals surface area contributed by atoms with Gasteiger partial charge in [0.1, 0.15) is 18.0 Å². The Hall–Kier alpha value is -2.31. The summed E-state index contributed by atoms with van der Waals surface area (Å²) in [6.45, 7) is 1.87. The van der Waals surface area contributed by atoms with Crippen LogP contribution in [0.1, 0.15) is 18.1 Å². The van der Waals surface area contributed by atoms with Crippen LogP contribution in [0.5, 0.6) is 0 Å². The van der Waals surface area contributed by atoms with Crippen LogP contribution in [0.2, 0.25) is 0 Å². The van der Waals surface area contributed by atoms with Crippen molar-refractivity contribution in [1.29, 1.82) is 0 Å². The minimum absolute atomic E-state index is 0.299. The molecule has 0 fully saturated rings. The van der Waals surface area contributed by atoms with Crippen LogP contribution in [-0.2, 0) is 12.6 Å². The highest BCUT2D eigenvalue weighted by Crippen LogP contribution is 2.31. The van der Waals surface area contributed by atoms with E-state index >= 15 is 0 Å². The van der Waals surface area contributed by atoms with Crippen molar-refractivity contribution in [1.82, 2.24) is 9.97 Å². The van der Waals surface area contributed by atoms with Crippen molar-refractivity contribution in [3.8, 4) is 0 Å². The fourth-order valence-electron chi connectivity index (χ4n) is 1.79. The smallest absolute Gasteiger partial charge is 0.383 e. The standard InChI is InChI=1S/C13H13F3N4/c1-2-10-11(17)18-7-19-12(10)20-9-5-3-4-8(6-9)13(14,15)16/h3-7H,2H2,1H3,(H3,17,18,19,20). The molecule has 0 atom stereocenters. The molecule has 0 aliphatic rings. The van der Waals surface area contributed by atoms with E-state index in [-0.39, 0.29) is 0 Å². The van der Waals surface area contributed by atoms with Gasteiger partial charge in [0.25, 0.3) is 0 Å². The maximum Gasteiger partial charge on any atom is 0.416 e. The summed E-state index contributed by atoms with van der Waals surface area (Å²) in [4.78, 5) is 7.87. The van der Waals surface area contributed by atoms with Crippen LogP contribution in [0.3, 0.4) is 0 Å². The second-order valence-electron chi connectivity index (χ2n) is 4.14. The molecule has 0 bridgehead atoms. The van der Waals surface area contributed by atoms with Crippen LogP contribution in [0, 0.1) is 0 Å². The molecule has 0 saturated carbocycles. The predicted octanol–water partition coefficient (Wildman–Crippen LogP) is 3.38. The zero-order valence-corrected chi connectivity index (χ0v) is 10.7. The maximum absolute atomic E-state index is 12.6. The van der Waals surface area contributed by atoms with Gasteiger partial charge in [0.2, 0.25) is 0 Å². The normalized spacial score (nSPS) is 11.4. The molecule has 0 spiro atoms.